The van der Waals surface area contributed by atoms with Crippen LogP contribution in [0.2, 0.25) is 0 Å². The van der Waals surface area contributed by atoms with Crippen LogP contribution in [0, 0.1) is 5.41 Å². The van der Waals surface area contributed by atoms with E-state index in [0.29, 0.717) is 18.7 Å². The molecule has 0 aliphatic rings. The van der Waals surface area contributed by atoms with E-state index in [4.69, 9.17) is 10.2 Å². The highest BCUT2D eigenvalue weighted by Crippen LogP contribution is 2.23. The van der Waals surface area contributed by atoms with Gasteiger partial charge in [-0.05, 0) is 30.9 Å². The molecule has 0 aliphatic heterocycles. The zero-order valence-electron chi connectivity index (χ0n) is 11.6. The molecule has 0 aliphatic carbocycles. The van der Waals surface area contributed by atoms with Crippen molar-refractivity contribution in [2.24, 2.45) is 11.1 Å². The van der Waals surface area contributed by atoms with Gasteiger partial charge in [-0.3, -0.25) is 4.79 Å². The second kappa shape index (κ2) is 6.59. The number of carbonyl (C=O) groups excluding carboxylic acids is 1. The first kappa shape index (κ1) is 14.8. The summed E-state index contributed by atoms with van der Waals surface area (Å²) >= 11 is 0. The predicted octanol–water partition coefficient (Wildman–Crippen LogP) is 2.34. The molecule has 4 heteroatoms. The molecular formula is C14H24N2O2. The summed E-state index contributed by atoms with van der Waals surface area (Å²) in [6.45, 7) is 7.39. The zero-order valence-corrected chi connectivity index (χ0v) is 11.6. The van der Waals surface area contributed by atoms with Crippen LogP contribution in [0.5, 0.6) is 0 Å². The van der Waals surface area contributed by atoms with Gasteiger partial charge in [0, 0.05) is 13.0 Å². The largest absolute Gasteiger partial charge is 0.469 e. The molecule has 0 bridgehead atoms. The number of hydrogen-bond donors (Lipinski definition) is 2. The van der Waals surface area contributed by atoms with Crippen molar-refractivity contribution in [1.29, 1.82) is 0 Å². The molecule has 1 amide bonds. The van der Waals surface area contributed by atoms with Gasteiger partial charge in [-0.25, -0.2) is 0 Å². The van der Waals surface area contributed by atoms with E-state index < -0.39 is 0 Å². The summed E-state index contributed by atoms with van der Waals surface area (Å²) in [5.74, 6) is 0.666. The number of hydrogen-bond acceptors (Lipinski definition) is 3. The highest BCUT2D eigenvalue weighted by molar-refractivity contribution is 5.95. The molecule has 0 fully saturated rings. The number of rotatable bonds is 7. The number of nitrogens with one attached hydrogen (secondary N) is 1. The monoisotopic (exact) mass is 252 g/mol. The van der Waals surface area contributed by atoms with Crippen molar-refractivity contribution in [2.45, 2.75) is 40.0 Å². The Morgan fingerprint density at radius 1 is 1.39 bits per heavy atom. The standard InChI is InChI=1S/C14H24N2O2/c1-4-12-11(7-8-18-12)13(17)16-10-14(5-2,6-3)9-15/h7-8H,4-6,9-10,15H2,1-3H3,(H,16,17). The smallest absolute Gasteiger partial charge is 0.254 e. The Kier molecular flexibility index (Phi) is 5.41. The Morgan fingerprint density at radius 3 is 2.56 bits per heavy atom. The molecule has 0 radical (unpaired) electrons. The first-order chi connectivity index (χ1) is 8.62. The second-order valence-corrected chi connectivity index (χ2v) is 4.70. The van der Waals surface area contributed by atoms with Crippen LogP contribution >= 0.6 is 0 Å². The maximum Gasteiger partial charge on any atom is 0.254 e. The van der Waals surface area contributed by atoms with E-state index in [1.807, 2.05) is 6.92 Å². The minimum Gasteiger partial charge on any atom is -0.469 e. The quantitative estimate of drug-likeness (QED) is 0.782. The fourth-order valence-corrected chi connectivity index (χ4v) is 2.04. The highest BCUT2D eigenvalue weighted by Gasteiger charge is 2.25. The van der Waals surface area contributed by atoms with Crippen LogP contribution in [0.1, 0.15) is 49.7 Å². The van der Waals surface area contributed by atoms with Crippen LogP contribution in [-0.2, 0) is 6.42 Å². The molecular weight excluding hydrogens is 228 g/mol. The van der Waals surface area contributed by atoms with E-state index >= 15 is 0 Å². The summed E-state index contributed by atoms with van der Waals surface area (Å²) in [5.41, 5.74) is 6.46. The molecule has 0 saturated heterocycles. The minimum atomic E-state index is -0.0691. The Bertz CT molecular complexity index is 373. The molecule has 0 atom stereocenters. The number of carbonyl (C=O) groups is 1. The predicted molar refractivity (Wildman–Crippen MR) is 72.5 cm³/mol. The third kappa shape index (κ3) is 3.13. The van der Waals surface area contributed by atoms with Gasteiger partial charge in [0.2, 0.25) is 0 Å². The van der Waals surface area contributed by atoms with E-state index in [0.717, 1.165) is 25.0 Å². The van der Waals surface area contributed by atoms with Gasteiger partial charge in [0.25, 0.3) is 5.91 Å². The van der Waals surface area contributed by atoms with Crippen LogP contribution in [0.4, 0.5) is 0 Å². The third-order valence-corrected chi connectivity index (χ3v) is 3.87. The second-order valence-electron chi connectivity index (χ2n) is 4.70. The minimum absolute atomic E-state index is 0.00573. The van der Waals surface area contributed by atoms with Crippen molar-refractivity contribution in [2.75, 3.05) is 13.1 Å². The number of amides is 1. The molecule has 102 valence electrons. The zero-order chi connectivity index (χ0) is 13.6. The first-order valence-electron chi connectivity index (χ1n) is 6.67. The van der Waals surface area contributed by atoms with Gasteiger partial charge in [0.15, 0.2) is 0 Å². The molecule has 1 aromatic rings. The highest BCUT2D eigenvalue weighted by atomic mass is 16.3. The van der Waals surface area contributed by atoms with E-state index in [2.05, 4.69) is 19.2 Å². The Balaban J connectivity index is 2.66. The van der Waals surface area contributed by atoms with Gasteiger partial charge in [0.1, 0.15) is 5.76 Å². The summed E-state index contributed by atoms with van der Waals surface area (Å²) in [4.78, 5) is 12.1. The lowest BCUT2D eigenvalue weighted by atomic mass is 9.82. The van der Waals surface area contributed by atoms with Crippen molar-refractivity contribution in [3.63, 3.8) is 0 Å². The summed E-state index contributed by atoms with van der Waals surface area (Å²) in [6.07, 6.45) is 4.21. The van der Waals surface area contributed by atoms with Crippen LogP contribution in [-0.4, -0.2) is 19.0 Å². The van der Waals surface area contributed by atoms with Crippen LogP contribution in [0.3, 0.4) is 0 Å². The Labute approximate surface area is 109 Å². The molecule has 0 aromatic carbocycles. The molecule has 0 spiro atoms. The molecule has 4 nitrogen and oxygen atoms in total. The van der Waals surface area contributed by atoms with Crippen molar-refractivity contribution in [3.8, 4) is 0 Å². The fourth-order valence-electron chi connectivity index (χ4n) is 2.04. The maximum atomic E-state index is 12.1. The van der Waals surface area contributed by atoms with Crippen molar-refractivity contribution < 1.29 is 9.21 Å². The van der Waals surface area contributed by atoms with E-state index in [1.165, 1.54) is 0 Å². The van der Waals surface area contributed by atoms with E-state index in [-0.39, 0.29) is 11.3 Å². The molecule has 1 aromatic heterocycles. The summed E-state index contributed by atoms with van der Waals surface area (Å²) < 4.78 is 5.26. The average molecular weight is 252 g/mol. The van der Waals surface area contributed by atoms with Gasteiger partial charge < -0.3 is 15.5 Å². The molecule has 0 unspecified atom stereocenters. The lowest BCUT2D eigenvalue weighted by Gasteiger charge is -2.30. The molecule has 3 N–H and O–H groups in total. The summed E-state index contributed by atoms with van der Waals surface area (Å²) in [6, 6.07) is 1.72. The first-order valence-corrected chi connectivity index (χ1v) is 6.67. The number of nitrogens with two attached hydrogens (primary N) is 1. The Morgan fingerprint density at radius 2 is 2.06 bits per heavy atom. The summed E-state index contributed by atoms with van der Waals surface area (Å²) in [5, 5.41) is 2.97. The molecule has 1 rings (SSSR count). The van der Waals surface area contributed by atoms with Gasteiger partial charge in [-0.15, -0.1) is 0 Å². The third-order valence-electron chi connectivity index (χ3n) is 3.87. The molecule has 18 heavy (non-hydrogen) atoms. The van der Waals surface area contributed by atoms with Crippen LogP contribution < -0.4 is 11.1 Å². The topological polar surface area (TPSA) is 68.3 Å². The average Bonchev–Trinajstić information content (AvgIpc) is 2.89. The van der Waals surface area contributed by atoms with Gasteiger partial charge in [-0.2, -0.15) is 0 Å². The SMILES string of the molecule is CCc1occc1C(=O)NCC(CC)(CC)CN. The number of aryl methyl sites for hydroxylation is 1. The fraction of sp³-hybridized carbons (Fsp3) is 0.643. The summed E-state index contributed by atoms with van der Waals surface area (Å²) in [7, 11) is 0. The van der Waals surface area contributed by atoms with Gasteiger partial charge >= 0.3 is 0 Å². The van der Waals surface area contributed by atoms with Crippen LogP contribution in [0.15, 0.2) is 16.7 Å². The van der Waals surface area contributed by atoms with Crippen molar-refractivity contribution in [1.82, 2.24) is 5.32 Å². The molecule has 1 heterocycles. The lowest BCUT2D eigenvalue weighted by Crippen LogP contribution is -2.41. The maximum absolute atomic E-state index is 12.1. The van der Waals surface area contributed by atoms with Crippen molar-refractivity contribution >= 4 is 5.91 Å². The van der Waals surface area contributed by atoms with Crippen LogP contribution in [0.25, 0.3) is 0 Å². The normalized spacial score (nSPS) is 11.6. The lowest BCUT2D eigenvalue weighted by molar-refractivity contribution is 0.0926. The van der Waals surface area contributed by atoms with E-state index in [9.17, 15) is 4.79 Å². The number of furan rings is 1. The van der Waals surface area contributed by atoms with Gasteiger partial charge in [0.05, 0.1) is 11.8 Å². The van der Waals surface area contributed by atoms with Crippen molar-refractivity contribution in [3.05, 3.63) is 23.7 Å². The van der Waals surface area contributed by atoms with Gasteiger partial charge in [-0.1, -0.05) is 20.8 Å². The Hall–Kier alpha value is -1.29. The van der Waals surface area contributed by atoms with E-state index in [1.54, 1.807) is 12.3 Å². The molecule has 0 saturated carbocycles.